The highest BCUT2D eigenvalue weighted by Gasteiger charge is 2.34. The number of hydrogen-bond donors (Lipinski definition) is 1. The molecule has 2 nitrogen and oxygen atoms in total. The molecular formula is C16H28N2S. The zero-order valence-corrected chi connectivity index (χ0v) is 13.4. The first-order chi connectivity index (χ1) is 9.17. The van der Waals surface area contributed by atoms with Gasteiger partial charge in [-0.3, -0.25) is 4.90 Å². The van der Waals surface area contributed by atoms with E-state index in [1.54, 1.807) is 0 Å². The van der Waals surface area contributed by atoms with Crippen molar-refractivity contribution in [3.05, 3.63) is 22.4 Å². The molecule has 2 rings (SSSR count). The van der Waals surface area contributed by atoms with Gasteiger partial charge in [0.05, 0.1) is 0 Å². The molecule has 0 aliphatic heterocycles. The average Bonchev–Trinajstić information content (AvgIpc) is 3.08. The zero-order chi connectivity index (χ0) is 13.7. The summed E-state index contributed by atoms with van der Waals surface area (Å²) >= 11 is 1.81. The third-order valence-electron chi connectivity index (χ3n) is 4.07. The minimum atomic E-state index is 0.405. The predicted octanol–water partition coefficient (Wildman–Crippen LogP) is 3.74. The van der Waals surface area contributed by atoms with Crippen LogP contribution in [0.2, 0.25) is 0 Å². The fourth-order valence-corrected chi connectivity index (χ4v) is 3.77. The van der Waals surface area contributed by atoms with Crippen molar-refractivity contribution in [2.75, 3.05) is 20.1 Å². The molecule has 1 aromatic heterocycles. The Hall–Kier alpha value is -0.380. The van der Waals surface area contributed by atoms with E-state index in [-0.39, 0.29) is 0 Å². The summed E-state index contributed by atoms with van der Waals surface area (Å²) in [6, 6.07) is 3.11. The van der Waals surface area contributed by atoms with Crippen molar-refractivity contribution in [2.24, 2.45) is 5.41 Å². The van der Waals surface area contributed by atoms with Gasteiger partial charge in [-0.15, -0.1) is 0 Å². The van der Waals surface area contributed by atoms with Gasteiger partial charge in [0.2, 0.25) is 0 Å². The first-order valence-electron chi connectivity index (χ1n) is 7.56. The lowest BCUT2D eigenvalue weighted by Crippen LogP contribution is -2.42. The maximum absolute atomic E-state index is 3.39. The summed E-state index contributed by atoms with van der Waals surface area (Å²) < 4.78 is 0. The highest BCUT2D eigenvalue weighted by molar-refractivity contribution is 7.07. The molecule has 1 atom stereocenters. The van der Waals surface area contributed by atoms with E-state index in [0.29, 0.717) is 5.41 Å². The van der Waals surface area contributed by atoms with E-state index >= 15 is 0 Å². The van der Waals surface area contributed by atoms with Crippen LogP contribution in [0.5, 0.6) is 0 Å². The third-order valence-corrected chi connectivity index (χ3v) is 4.80. The van der Waals surface area contributed by atoms with Crippen LogP contribution in [-0.4, -0.2) is 31.1 Å². The highest BCUT2D eigenvalue weighted by atomic mass is 32.1. The van der Waals surface area contributed by atoms with E-state index in [1.165, 1.54) is 37.8 Å². The number of rotatable bonds is 9. The van der Waals surface area contributed by atoms with Crippen molar-refractivity contribution < 1.29 is 0 Å². The zero-order valence-electron chi connectivity index (χ0n) is 12.6. The second-order valence-corrected chi connectivity index (χ2v) is 7.14. The van der Waals surface area contributed by atoms with Crippen molar-refractivity contribution >= 4 is 11.3 Å². The molecule has 19 heavy (non-hydrogen) atoms. The van der Waals surface area contributed by atoms with E-state index in [0.717, 1.165) is 19.1 Å². The molecule has 0 amide bonds. The minimum absolute atomic E-state index is 0.405. The number of hydrogen-bond acceptors (Lipinski definition) is 3. The summed E-state index contributed by atoms with van der Waals surface area (Å²) in [5, 5.41) is 7.88. The summed E-state index contributed by atoms with van der Waals surface area (Å²) in [4.78, 5) is 2.72. The molecule has 0 spiro atoms. The van der Waals surface area contributed by atoms with Crippen LogP contribution in [0.4, 0.5) is 0 Å². The van der Waals surface area contributed by atoms with E-state index in [2.05, 4.69) is 47.9 Å². The Labute approximate surface area is 122 Å². The maximum Gasteiger partial charge on any atom is 0.0245 e. The molecule has 1 N–H and O–H groups in total. The van der Waals surface area contributed by atoms with Gasteiger partial charge in [0.15, 0.2) is 0 Å². The first kappa shape index (κ1) is 15.0. The van der Waals surface area contributed by atoms with Crippen LogP contribution in [0.3, 0.4) is 0 Å². The van der Waals surface area contributed by atoms with Crippen LogP contribution in [-0.2, 0) is 6.54 Å². The van der Waals surface area contributed by atoms with Crippen molar-refractivity contribution in [1.82, 2.24) is 10.2 Å². The minimum Gasteiger partial charge on any atom is -0.319 e. The quantitative estimate of drug-likeness (QED) is 0.741. The van der Waals surface area contributed by atoms with Crippen LogP contribution in [0.15, 0.2) is 16.8 Å². The van der Waals surface area contributed by atoms with Crippen molar-refractivity contribution in [3.8, 4) is 0 Å². The second kappa shape index (κ2) is 6.87. The van der Waals surface area contributed by atoms with Gasteiger partial charge in [-0.25, -0.2) is 0 Å². The normalized spacial score (nSPS) is 18.7. The van der Waals surface area contributed by atoms with Crippen LogP contribution >= 0.6 is 11.3 Å². The molecular weight excluding hydrogens is 252 g/mol. The fraction of sp³-hybridized carbons (Fsp3) is 0.750. The summed E-state index contributed by atoms with van der Waals surface area (Å²) in [5.74, 6) is 0. The van der Waals surface area contributed by atoms with Gasteiger partial charge in [0, 0.05) is 25.7 Å². The molecule has 108 valence electrons. The average molecular weight is 280 g/mol. The molecule has 1 saturated carbocycles. The molecule has 0 radical (unpaired) electrons. The Bertz CT molecular complexity index is 351. The van der Waals surface area contributed by atoms with Crippen molar-refractivity contribution in [3.63, 3.8) is 0 Å². The van der Waals surface area contributed by atoms with Crippen molar-refractivity contribution in [1.29, 1.82) is 0 Å². The largest absolute Gasteiger partial charge is 0.319 e. The van der Waals surface area contributed by atoms with E-state index in [9.17, 15) is 0 Å². The molecule has 0 saturated heterocycles. The van der Waals surface area contributed by atoms with Gasteiger partial charge in [-0.1, -0.05) is 20.3 Å². The molecule has 1 aliphatic carbocycles. The molecule has 3 heteroatoms. The SMILES string of the molecule is CCCC(C)(CNC)CN(Cc1ccsc1)C1CC1. The Balaban J connectivity index is 1.98. The number of nitrogens with zero attached hydrogens (tertiary/aromatic N) is 1. The smallest absolute Gasteiger partial charge is 0.0245 e. The van der Waals surface area contributed by atoms with Crippen LogP contribution in [0, 0.1) is 5.41 Å². The van der Waals surface area contributed by atoms with Gasteiger partial charge < -0.3 is 5.32 Å². The monoisotopic (exact) mass is 280 g/mol. The van der Waals surface area contributed by atoms with Gasteiger partial charge in [-0.2, -0.15) is 11.3 Å². The van der Waals surface area contributed by atoms with Gasteiger partial charge in [-0.05, 0) is 54.1 Å². The molecule has 1 unspecified atom stereocenters. The van der Waals surface area contributed by atoms with E-state index < -0.39 is 0 Å². The summed E-state index contributed by atoms with van der Waals surface area (Å²) in [6.07, 6.45) is 5.37. The Kier molecular flexibility index (Phi) is 5.43. The number of nitrogens with one attached hydrogen (secondary N) is 1. The number of thiophene rings is 1. The van der Waals surface area contributed by atoms with Crippen LogP contribution in [0.1, 0.15) is 45.1 Å². The van der Waals surface area contributed by atoms with Gasteiger partial charge in [0.1, 0.15) is 0 Å². The van der Waals surface area contributed by atoms with Crippen molar-refractivity contribution in [2.45, 2.75) is 52.1 Å². The summed E-state index contributed by atoms with van der Waals surface area (Å²) in [7, 11) is 2.08. The standard InChI is InChI=1S/C16H28N2S/c1-4-8-16(2,12-17-3)13-18(15-5-6-15)10-14-7-9-19-11-14/h7,9,11,15,17H,4-6,8,10,12-13H2,1-3H3. The van der Waals surface area contributed by atoms with Gasteiger partial charge >= 0.3 is 0 Å². The molecule has 0 bridgehead atoms. The Morgan fingerprint density at radius 2 is 2.26 bits per heavy atom. The van der Waals surface area contributed by atoms with E-state index in [1.807, 2.05) is 11.3 Å². The Morgan fingerprint density at radius 3 is 2.79 bits per heavy atom. The molecule has 1 aromatic rings. The van der Waals surface area contributed by atoms with Gasteiger partial charge in [0.25, 0.3) is 0 Å². The maximum atomic E-state index is 3.39. The predicted molar refractivity (Wildman–Crippen MR) is 84.7 cm³/mol. The topological polar surface area (TPSA) is 15.3 Å². The highest BCUT2D eigenvalue weighted by Crippen LogP contribution is 2.33. The lowest BCUT2D eigenvalue weighted by atomic mass is 9.84. The lowest BCUT2D eigenvalue weighted by molar-refractivity contribution is 0.138. The third kappa shape index (κ3) is 4.59. The summed E-state index contributed by atoms with van der Waals surface area (Å²) in [6.45, 7) is 8.22. The fourth-order valence-electron chi connectivity index (χ4n) is 3.11. The molecule has 1 fully saturated rings. The lowest BCUT2D eigenvalue weighted by Gasteiger charge is -2.35. The van der Waals surface area contributed by atoms with Crippen LogP contribution < -0.4 is 5.32 Å². The second-order valence-electron chi connectivity index (χ2n) is 6.36. The van der Waals surface area contributed by atoms with E-state index in [4.69, 9.17) is 0 Å². The molecule has 1 heterocycles. The molecule has 0 aromatic carbocycles. The first-order valence-corrected chi connectivity index (χ1v) is 8.51. The molecule has 1 aliphatic rings. The van der Waals surface area contributed by atoms with Crippen LogP contribution in [0.25, 0.3) is 0 Å². The Morgan fingerprint density at radius 1 is 1.47 bits per heavy atom. The summed E-state index contributed by atoms with van der Waals surface area (Å²) in [5.41, 5.74) is 1.89.